The number of nitrogens with one attached hydrogen (secondary N) is 1. The summed E-state index contributed by atoms with van der Waals surface area (Å²) in [7, 11) is 1.90. The highest BCUT2D eigenvalue weighted by atomic mass is 15.3. The summed E-state index contributed by atoms with van der Waals surface area (Å²) < 4.78 is 1.79. The Morgan fingerprint density at radius 2 is 1.79 bits per heavy atom. The second-order valence-electron chi connectivity index (χ2n) is 5.46. The second kappa shape index (κ2) is 6.84. The zero-order chi connectivity index (χ0) is 16.9. The Morgan fingerprint density at radius 1 is 1.04 bits per heavy atom. The molecule has 2 heterocycles. The van der Waals surface area contributed by atoms with Crippen molar-refractivity contribution in [1.82, 2.24) is 14.8 Å². The monoisotopic (exact) mass is 314 g/mol. The lowest BCUT2D eigenvalue weighted by atomic mass is 10.1. The summed E-state index contributed by atoms with van der Waals surface area (Å²) in [6, 6.07) is 11.8. The minimum absolute atomic E-state index is 0.814. The summed E-state index contributed by atoms with van der Waals surface area (Å²) >= 11 is 0. The fraction of sp³-hybridized carbons (Fsp3) is 0.100. The van der Waals surface area contributed by atoms with Crippen molar-refractivity contribution in [1.29, 1.82) is 0 Å². The van der Waals surface area contributed by atoms with Crippen LogP contribution in [0, 0.1) is 18.8 Å². The van der Waals surface area contributed by atoms with Crippen molar-refractivity contribution < 1.29 is 0 Å². The van der Waals surface area contributed by atoms with Gasteiger partial charge >= 0.3 is 0 Å². The van der Waals surface area contributed by atoms with Gasteiger partial charge in [0.2, 0.25) is 0 Å². The van der Waals surface area contributed by atoms with Crippen molar-refractivity contribution >= 4 is 11.4 Å². The maximum atomic E-state index is 4.16. The van der Waals surface area contributed by atoms with Crippen molar-refractivity contribution in [2.75, 3.05) is 5.32 Å². The molecule has 2 aromatic heterocycles. The van der Waals surface area contributed by atoms with E-state index >= 15 is 0 Å². The van der Waals surface area contributed by atoms with Crippen LogP contribution in [-0.2, 0) is 7.05 Å². The van der Waals surface area contributed by atoms with Gasteiger partial charge in [-0.05, 0) is 48.9 Å². The number of nitrogens with zero attached hydrogens (tertiary/aromatic N) is 3. The van der Waals surface area contributed by atoms with Crippen LogP contribution in [0.3, 0.4) is 0 Å². The molecule has 118 valence electrons. The SMILES string of the molecule is C=C(Nc1ccc(C#Cc2ccncc2)cc1C)c1ccnn1C. The van der Waals surface area contributed by atoms with Crippen LogP contribution >= 0.6 is 0 Å². The van der Waals surface area contributed by atoms with Crippen molar-refractivity contribution in [3.8, 4) is 11.8 Å². The summed E-state index contributed by atoms with van der Waals surface area (Å²) in [5.41, 5.74) is 5.82. The Labute approximate surface area is 141 Å². The number of aromatic nitrogens is 3. The Morgan fingerprint density at radius 3 is 2.46 bits per heavy atom. The zero-order valence-corrected chi connectivity index (χ0v) is 13.7. The maximum Gasteiger partial charge on any atom is 0.0835 e. The third-order valence-electron chi connectivity index (χ3n) is 3.67. The molecule has 0 amide bonds. The van der Waals surface area contributed by atoms with Crippen molar-refractivity contribution in [2.24, 2.45) is 7.05 Å². The normalized spacial score (nSPS) is 9.92. The first-order chi connectivity index (χ1) is 11.6. The molecular weight excluding hydrogens is 296 g/mol. The third-order valence-corrected chi connectivity index (χ3v) is 3.67. The van der Waals surface area contributed by atoms with E-state index in [4.69, 9.17) is 0 Å². The Balaban J connectivity index is 1.77. The van der Waals surface area contributed by atoms with Crippen LogP contribution in [0.2, 0.25) is 0 Å². The molecule has 0 radical (unpaired) electrons. The van der Waals surface area contributed by atoms with Gasteiger partial charge in [-0.1, -0.05) is 18.4 Å². The van der Waals surface area contributed by atoms with E-state index in [1.54, 1.807) is 23.3 Å². The topological polar surface area (TPSA) is 42.7 Å². The van der Waals surface area contributed by atoms with Crippen molar-refractivity contribution in [3.05, 3.63) is 84.0 Å². The van der Waals surface area contributed by atoms with E-state index in [0.29, 0.717) is 0 Å². The quantitative estimate of drug-likeness (QED) is 0.751. The molecule has 1 N–H and O–H groups in total. The first kappa shape index (κ1) is 15.6. The fourth-order valence-electron chi connectivity index (χ4n) is 2.36. The number of rotatable bonds is 3. The molecule has 0 aliphatic rings. The summed E-state index contributed by atoms with van der Waals surface area (Å²) in [4.78, 5) is 3.99. The number of anilines is 1. The van der Waals surface area contributed by atoms with Crippen LogP contribution in [0.5, 0.6) is 0 Å². The molecule has 24 heavy (non-hydrogen) atoms. The van der Waals surface area contributed by atoms with Gasteiger partial charge in [0.25, 0.3) is 0 Å². The highest BCUT2D eigenvalue weighted by Crippen LogP contribution is 2.21. The number of hydrogen-bond acceptors (Lipinski definition) is 3. The third kappa shape index (κ3) is 3.53. The molecule has 4 heteroatoms. The first-order valence-corrected chi connectivity index (χ1v) is 7.60. The molecule has 0 spiro atoms. The Kier molecular flexibility index (Phi) is 4.44. The largest absolute Gasteiger partial charge is 0.354 e. The molecule has 0 bridgehead atoms. The lowest BCUT2D eigenvalue weighted by molar-refractivity contribution is 0.756. The van der Waals surface area contributed by atoms with Gasteiger partial charge in [0.05, 0.1) is 11.4 Å². The summed E-state index contributed by atoms with van der Waals surface area (Å²) in [6.45, 7) is 6.14. The van der Waals surface area contributed by atoms with Crippen LogP contribution in [0.15, 0.2) is 61.6 Å². The molecular formula is C20H18N4. The van der Waals surface area contributed by atoms with E-state index in [0.717, 1.165) is 33.8 Å². The number of benzene rings is 1. The number of pyridine rings is 1. The average molecular weight is 314 g/mol. The standard InChI is InChI=1S/C20H18N4/c1-15-14-18(5-4-17-8-11-21-12-9-17)6-7-19(15)23-16(2)20-10-13-22-24(20)3/h6-14,23H,2H2,1,3H3. The maximum absolute atomic E-state index is 4.16. The molecule has 1 aromatic carbocycles. The van der Waals surface area contributed by atoms with Crippen LogP contribution in [0.4, 0.5) is 5.69 Å². The van der Waals surface area contributed by atoms with Crippen LogP contribution in [0.25, 0.3) is 5.70 Å². The lowest BCUT2D eigenvalue weighted by Gasteiger charge is -2.12. The molecule has 3 rings (SSSR count). The van der Waals surface area contributed by atoms with E-state index in [-0.39, 0.29) is 0 Å². The lowest BCUT2D eigenvalue weighted by Crippen LogP contribution is -2.04. The Bertz CT molecular complexity index is 927. The minimum atomic E-state index is 0.814. The predicted molar refractivity (Wildman–Crippen MR) is 97.3 cm³/mol. The van der Waals surface area contributed by atoms with Gasteiger partial charge in [-0.2, -0.15) is 5.10 Å². The molecule has 3 aromatic rings. The molecule has 0 aliphatic carbocycles. The van der Waals surface area contributed by atoms with Crippen LogP contribution in [0.1, 0.15) is 22.4 Å². The number of aryl methyl sites for hydroxylation is 2. The van der Waals surface area contributed by atoms with Gasteiger partial charge in [-0.3, -0.25) is 9.67 Å². The summed E-state index contributed by atoms with van der Waals surface area (Å²) in [5.74, 6) is 6.32. The van der Waals surface area contributed by atoms with E-state index in [1.807, 2.05) is 37.4 Å². The van der Waals surface area contributed by atoms with Gasteiger partial charge in [0.1, 0.15) is 0 Å². The van der Waals surface area contributed by atoms with Gasteiger partial charge in [-0.15, -0.1) is 0 Å². The molecule has 0 saturated carbocycles. The highest BCUT2D eigenvalue weighted by molar-refractivity contribution is 5.75. The predicted octanol–water partition coefficient (Wildman–Crippen LogP) is 3.61. The highest BCUT2D eigenvalue weighted by Gasteiger charge is 2.06. The summed E-state index contributed by atoms with van der Waals surface area (Å²) in [6.07, 6.45) is 5.24. The molecule has 0 aliphatic heterocycles. The Hall–Kier alpha value is -3.32. The average Bonchev–Trinajstić information content (AvgIpc) is 3.02. The smallest absolute Gasteiger partial charge is 0.0835 e. The second-order valence-corrected chi connectivity index (χ2v) is 5.46. The fourth-order valence-corrected chi connectivity index (χ4v) is 2.36. The van der Waals surface area contributed by atoms with E-state index < -0.39 is 0 Å². The van der Waals surface area contributed by atoms with Gasteiger partial charge in [0.15, 0.2) is 0 Å². The van der Waals surface area contributed by atoms with Crippen molar-refractivity contribution in [2.45, 2.75) is 6.92 Å². The molecule has 0 atom stereocenters. The van der Waals surface area contributed by atoms with E-state index in [9.17, 15) is 0 Å². The molecule has 0 unspecified atom stereocenters. The van der Waals surface area contributed by atoms with Crippen molar-refractivity contribution in [3.63, 3.8) is 0 Å². The van der Waals surface area contributed by atoms with Crippen LogP contribution < -0.4 is 5.32 Å². The van der Waals surface area contributed by atoms with Gasteiger partial charge < -0.3 is 5.32 Å². The summed E-state index contributed by atoms with van der Waals surface area (Å²) in [5, 5.41) is 7.50. The zero-order valence-electron chi connectivity index (χ0n) is 13.7. The molecule has 4 nitrogen and oxygen atoms in total. The van der Waals surface area contributed by atoms with E-state index in [1.165, 1.54) is 0 Å². The van der Waals surface area contributed by atoms with Gasteiger partial charge in [-0.25, -0.2) is 0 Å². The number of hydrogen-bond donors (Lipinski definition) is 1. The molecule has 0 fully saturated rings. The van der Waals surface area contributed by atoms with Gasteiger partial charge in [0, 0.05) is 42.5 Å². The minimum Gasteiger partial charge on any atom is -0.354 e. The molecule has 0 saturated heterocycles. The van der Waals surface area contributed by atoms with E-state index in [2.05, 4.69) is 46.8 Å². The van der Waals surface area contributed by atoms with Crippen LogP contribution in [-0.4, -0.2) is 14.8 Å². The first-order valence-electron chi connectivity index (χ1n) is 7.60.